The van der Waals surface area contributed by atoms with Crippen molar-refractivity contribution in [2.75, 3.05) is 20.3 Å². The molecule has 3 aromatic carbocycles. The van der Waals surface area contributed by atoms with Gasteiger partial charge in [0.2, 0.25) is 5.91 Å². The van der Waals surface area contributed by atoms with E-state index in [1.165, 1.54) is 43.5 Å². The predicted molar refractivity (Wildman–Crippen MR) is 201 cm³/mol. The normalized spacial score (nSPS) is 19.0. The van der Waals surface area contributed by atoms with Gasteiger partial charge in [0.25, 0.3) is 0 Å². The second-order valence-corrected chi connectivity index (χ2v) is 13.2. The van der Waals surface area contributed by atoms with Crippen LogP contribution in [0.1, 0.15) is 48.8 Å². The Hall–Kier alpha value is -5.44. The van der Waals surface area contributed by atoms with E-state index in [-0.39, 0.29) is 55.1 Å². The zero-order valence-corrected chi connectivity index (χ0v) is 31.0. The van der Waals surface area contributed by atoms with E-state index in [1.54, 1.807) is 36.4 Å². The molecule has 0 aromatic heterocycles. The number of esters is 2. The van der Waals surface area contributed by atoms with E-state index in [4.69, 9.17) is 18.9 Å². The minimum Gasteiger partial charge on any atom is -0.493 e. The first-order chi connectivity index (χ1) is 26.7. The number of hydrogen-bond acceptors (Lipinski definition) is 10. The van der Waals surface area contributed by atoms with Crippen LogP contribution in [-0.2, 0) is 20.6 Å². The highest BCUT2D eigenvalue weighted by atomic mass is 19.4. The summed E-state index contributed by atoms with van der Waals surface area (Å²) in [5, 5.41) is 33.9. The Balaban J connectivity index is 1.14. The molecule has 4 rings (SSSR count). The minimum atomic E-state index is -4.52. The quantitative estimate of drug-likeness (QED) is 0.0389. The van der Waals surface area contributed by atoms with E-state index in [1.807, 2.05) is 25.1 Å². The Labute approximate surface area is 323 Å². The van der Waals surface area contributed by atoms with E-state index in [0.717, 1.165) is 17.7 Å². The van der Waals surface area contributed by atoms with E-state index >= 15 is 0 Å². The zero-order chi connectivity index (χ0) is 40.7. The number of nitrogens with one attached hydrogen (secondary N) is 1. The lowest BCUT2D eigenvalue weighted by Gasteiger charge is -2.19. The monoisotopic (exact) mass is 781 g/mol. The SMILES string of the molecule is COc1cc(/C=C/C(=O)Oc2cccc(C)c2)ccc1OC(=O)CNC(=O)CCC/C=C\C[C@@H]1[C@@H](/C=C/[C@@H](O)COc2cccc(C(F)(F)F)c2)[C@H](O)C[C@@H]1O. The van der Waals surface area contributed by atoms with Gasteiger partial charge >= 0.3 is 18.1 Å². The summed E-state index contributed by atoms with van der Waals surface area (Å²) < 4.78 is 60.1. The maximum atomic E-state index is 12.9. The van der Waals surface area contributed by atoms with E-state index in [0.29, 0.717) is 30.6 Å². The third kappa shape index (κ3) is 14.0. The Morgan fingerprint density at radius 1 is 0.946 bits per heavy atom. The van der Waals surface area contributed by atoms with Gasteiger partial charge in [0.15, 0.2) is 11.5 Å². The number of carbonyl (C=O) groups is 3. The van der Waals surface area contributed by atoms with Crippen LogP contribution in [0.3, 0.4) is 0 Å². The first-order valence-electron chi connectivity index (χ1n) is 18.0. The van der Waals surface area contributed by atoms with Crippen molar-refractivity contribution in [2.45, 2.75) is 63.5 Å². The fraction of sp³-hybridized carbons (Fsp3) is 0.357. The predicted octanol–water partition coefficient (Wildman–Crippen LogP) is 6.13. The molecule has 14 heteroatoms. The molecule has 0 heterocycles. The number of ether oxygens (including phenoxy) is 4. The first kappa shape index (κ1) is 43.3. The Kier molecular flexibility index (Phi) is 16.3. The fourth-order valence-corrected chi connectivity index (χ4v) is 6.00. The molecule has 3 aromatic rings. The first-order valence-corrected chi connectivity index (χ1v) is 18.0. The number of allylic oxidation sites excluding steroid dienone is 2. The Bertz CT molecular complexity index is 1880. The number of benzene rings is 3. The molecule has 4 N–H and O–H groups in total. The number of halogens is 3. The van der Waals surface area contributed by atoms with Gasteiger partial charge in [-0.05, 0) is 91.8 Å². The van der Waals surface area contributed by atoms with Crippen molar-refractivity contribution in [1.82, 2.24) is 5.32 Å². The molecule has 1 aliphatic carbocycles. The smallest absolute Gasteiger partial charge is 0.416 e. The van der Waals surface area contributed by atoms with Crippen molar-refractivity contribution < 1.29 is 61.8 Å². The molecule has 1 fully saturated rings. The average molecular weight is 782 g/mol. The molecule has 0 saturated heterocycles. The number of methoxy groups -OCH3 is 1. The number of carbonyl (C=O) groups excluding carboxylic acids is 3. The van der Waals surface area contributed by atoms with Crippen molar-refractivity contribution in [3.05, 3.63) is 114 Å². The van der Waals surface area contributed by atoms with Crippen LogP contribution in [0.5, 0.6) is 23.0 Å². The van der Waals surface area contributed by atoms with Crippen molar-refractivity contribution in [1.29, 1.82) is 0 Å². The van der Waals surface area contributed by atoms with Gasteiger partial charge in [-0.25, -0.2) is 9.59 Å². The minimum absolute atomic E-state index is 0.0439. The van der Waals surface area contributed by atoms with Crippen LogP contribution in [0.4, 0.5) is 13.2 Å². The number of amides is 1. The molecular weight excluding hydrogens is 735 g/mol. The topological polar surface area (TPSA) is 161 Å². The van der Waals surface area contributed by atoms with Crippen LogP contribution in [0.15, 0.2) is 97.1 Å². The third-order valence-electron chi connectivity index (χ3n) is 8.86. The molecule has 11 nitrogen and oxygen atoms in total. The molecule has 1 amide bonds. The van der Waals surface area contributed by atoms with Crippen molar-refractivity contribution >= 4 is 23.9 Å². The molecule has 0 aliphatic heterocycles. The lowest BCUT2D eigenvalue weighted by atomic mass is 9.89. The number of rotatable bonds is 18. The highest BCUT2D eigenvalue weighted by molar-refractivity contribution is 5.89. The van der Waals surface area contributed by atoms with Gasteiger partial charge in [0, 0.05) is 24.8 Å². The Morgan fingerprint density at radius 3 is 2.46 bits per heavy atom. The molecule has 5 atom stereocenters. The molecule has 0 radical (unpaired) electrons. The highest BCUT2D eigenvalue weighted by Crippen LogP contribution is 2.37. The molecule has 1 aliphatic rings. The molecular formula is C42H46F3NO10. The number of aliphatic hydroxyl groups excluding tert-OH is 3. The maximum Gasteiger partial charge on any atom is 0.416 e. The summed E-state index contributed by atoms with van der Waals surface area (Å²) >= 11 is 0. The standard InChI is InChI=1S/C42H46F3NO10/c1-27-9-7-12-32(21-27)55-40(51)20-16-28-15-19-37(38(22-28)53-2)56-41(52)25-46-39(50)14-6-4-3-5-13-33-34(36(49)24-35(33)48)18-17-30(47)26-54-31-11-8-10-29(23-31)42(43,44)45/h3,5,7-12,15-23,30,33-36,47-49H,4,6,13-14,24-26H2,1-2H3,(H,46,50)/b5-3-,18-17+,20-16+/t30-,33-,34-,35+,36-/m1/s1. The van der Waals surface area contributed by atoms with Crippen LogP contribution in [0.2, 0.25) is 0 Å². The van der Waals surface area contributed by atoms with E-state index in [2.05, 4.69) is 5.32 Å². The molecule has 56 heavy (non-hydrogen) atoms. The van der Waals surface area contributed by atoms with Crippen LogP contribution in [-0.4, -0.2) is 71.7 Å². The van der Waals surface area contributed by atoms with Crippen LogP contribution in [0, 0.1) is 18.8 Å². The van der Waals surface area contributed by atoms with Crippen LogP contribution in [0.25, 0.3) is 6.08 Å². The van der Waals surface area contributed by atoms with E-state index < -0.39 is 47.9 Å². The van der Waals surface area contributed by atoms with Crippen molar-refractivity contribution in [3.8, 4) is 23.0 Å². The van der Waals surface area contributed by atoms with Gasteiger partial charge in [-0.3, -0.25) is 4.79 Å². The van der Waals surface area contributed by atoms with Gasteiger partial charge in [-0.15, -0.1) is 0 Å². The van der Waals surface area contributed by atoms with Gasteiger partial charge in [-0.2, -0.15) is 13.2 Å². The summed E-state index contributed by atoms with van der Waals surface area (Å²) in [5.41, 5.74) is 0.682. The van der Waals surface area contributed by atoms with E-state index in [9.17, 15) is 42.9 Å². The second kappa shape index (κ2) is 21.0. The lowest BCUT2D eigenvalue weighted by Crippen LogP contribution is -2.31. The molecule has 0 bridgehead atoms. The molecule has 300 valence electrons. The van der Waals surface area contributed by atoms with Gasteiger partial charge in [0.05, 0.1) is 24.9 Å². The summed E-state index contributed by atoms with van der Waals surface area (Å²) in [7, 11) is 1.40. The summed E-state index contributed by atoms with van der Waals surface area (Å²) in [6.45, 7) is 1.21. The number of aryl methyl sites for hydroxylation is 1. The number of aliphatic hydroxyl groups is 3. The van der Waals surface area contributed by atoms with Gasteiger partial charge < -0.3 is 39.6 Å². The fourth-order valence-electron chi connectivity index (χ4n) is 6.00. The number of unbranched alkanes of at least 4 members (excludes halogenated alkanes) is 1. The third-order valence-corrected chi connectivity index (χ3v) is 8.86. The van der Waals surface area contributed by atoms with Gasteiger partial charge in [-0.1, -0.05) is 48.6 Å². The molecule has 0 spiro atoms. The summed E-state index contributed by atoms with van der Waals surface area (Å²) in [5.74, 6) is -1.69. The average Bonchev–Trinajstić information content (AvgIpc) is 3.43. The second-order valence-electron chi connectivity index (χ2n) is 13.2. The summed E-state index contributed by atoms with van der Waals surface area (Å²) in [6.07, 6.45) is 3.89. The highest BCUT2D eigenvalue weighted by Gasteiger charge is 2.39. The van der Waals surface area contributed by atoms with Crippen molar-refractivity contribution in [2.24, 2.45) is 11.8 Å². The number of hydrogen-bond donors (Lipinski definition) is 4. The Morgan fingerprint density at radius 2 is 1.71 bits per heavy atom. The maximum absolute atomic E-state index is 12.9. The van der Waals surface area contributed by atoms with Crippen molar-refractivity contribution in [3.63, 3.8) is 0 Å². The zero-order valence-electron chi connectivity index (χ0n) is 31.0. The number of alkyl halides is 3. The van der Waals surface area contributed by atoms with Gasteiger partial charge in [0.1, 0.15) is 30.8 Å². The molecule has 1 saturated carbocycles. The largest absolute Gasteiger partial charge is 0.493 e. The van der Waals surface area contributed by atoms with Crippen LogP contribution < -0.4 is 24.3 Å². The lowest BCUT2D eigenvalue weighted by molar-refractivity contribution is -0.137. The summed E-state index contributed by atoms with van der Waals surface area (Å²) in [4.78, 5) is 37.0. The summed E-state index contributed by atoms with van der Waals surface area (Å²) in [6, 6.07) is 16.1. The van der Waals surface area contributed by atoms with Crippen LogP contribution >= 0.6 is 0 Å². The molecule has 0 unspecified atom stereocenters.